The number of carbonyl (C=O) groups excluding carboxylic acids is 1. The Kier molecular flexibility index (Phi) is 11.2. The molecule has 2 aromatic heterocycles. The number of carbonyl (C=O) groups is 1. The van der Waals surface area contributed by atoms with Gasteiger partial charge in [-0.05, 0) is 123 Å². The van der Waals surface area contributed by atoms with E-state index in [1.807, 2.05) is 26.1 Å². The standard InChI is InChI=1S/C38H48N2O/c1-6-31-15-17-34(18-16-31)36(23-35-26-39-22-21-28(35)3)33-13-10-12-32(19-20-33)27(2)11-8-7-9-14-37(41)38-29(4)24-40-25-30(38)5/h6,12,15-18,21-22,24-27,33,36H,1,7-11,13-14,19-20,23H2,2-5H3/t27-,33?,36?/m1/s1. The Hall–Kier alpha value is -3.33. The van der Waals surface area contributed by atoms with E-state index in [-0.39, 0.29) is 5.78 Å². The minimum atomic E-state index is 0.267. The predicted molar refractivity (Wildman–Crippen MR) is 172 cm³/mol. The monoisotopic (exact) mass is 548 g/mol. The van der Waals surface area contributed by atoms with Gasteiger partial charge in [-0.25, -0.2) is 0 Å². The van der Waals surface area contributed by atoms with Crippen molar-refractivity contribution in [1.82, 2.24) is 9.97 Å². The molecule has 3 atom stereocenters. The lowest BCUT2D eigenvalue weighted by Gasteiger charge is -2.28. The van der Waals surface area contributed by atoms with E-state index in [2.05, 4.69) is 73.0 Å². The Balaban J connectivity index is 1.30. The first-order chi connectivity index (χ1) is 19.9. The molecule has 2 heterocycles. The first-order valence-electron chi connectivity index (χ1n) is 15.6. The topological polar surface area (TPSA) is 42.9 Å². The van der Waals surface area contributed by atoms with Crippen molar-refractivity contribution < 1.29 is 4.79 Å². The minimum absolute atomic E-state index is 0.267. The van der Waals surface area contributed by atoms with Crippen LogP contribution in [-0.2, 0) is 6.42 Å². The van der Waals surface area contributed by atoms with E-state index >= 15 is 0 Å². The van der Waals surface area contributed by atoms with E-state index in [0.29, 0.717) is 24.2 Å². The van der Waals surface area contributed by atoms with Crippen molar-refractivity contribution in [3.63, 3.8) is 0 Å². The first kappa shape index (κ1) is 30.6. The highest BCUT2D eigenvalue weighted by atomic mass is 16.1. The molecule has 0 radical (unpaired) electrons. The van der Waals surface area contributed by atoms with Crippen LogP contribution in [0.4, 0.5) is 0 Å². The van der Waals surface area contributed by atoms with Gasteiger partial charge in [0.25, 0.3) is 0 Å². The van der Waals surface area contributed by atoms with Crippen molar-refractivity contribution >= 4 is 11.9 Å². The van der Waals surface area contributed by atoms with Crippen LogP contribution in [0.5, 0.6) is 0 Å². The number of aryl methyl sites for hydroxylation is 3. The summed E-state index contributed by atoms with van der Waals surface area (Å²) in [5.74, 6) is 2.02. The van der Waals surface area contributed by atoms with Gasteiger partial charge in [0, 0.05) is 36.8 Å². The van der Waals surface area contributed by atoms with Crippen molar-refractivity contribution in [2.75, 3.05) is 0 Å². The second-order valence-corrected chi connectivity index (χ2v) is 12.2. The summed E-state index contributed by atoms with van der Waals surface area (Å²) in [7, 11) is 0. The predicted octanol–water partition coefficient (Wildman–Crippen LogP) is 9.96. The third-order valence-electron chi connectivity index (χ3n) is 9.28. The average molecular weight is 549 g/mol. The second kappa shape index (κ2) is 15.1. The maximum absolute atomic E-state index is 12.8. The highest BCUT2D eigenvalue weighted by molar-refractivity contribution is 5.98. The van der Waals surface area contributed by atoms with Crippen LogP contribution in [0.2, 0.25) is 0 Å². The fourth-order valence-corrected chi connectivity index (χ4v) is 6.68. The van der Waals surface area contributed by atoms with Gasteiger partial charge in [-0.3, -0.25) is 14.8 Å². The van der Waals surface area contributed by atoms with Gasteiger partial charge in [0.05, 0.1) is 0 Å². The van der Waals surface area contributed by atoms with Crippen LogP contribution in [0.1, 0.15) is 114 Å². The highest BCUT2D eigenvalue weighted by Crippen LogP contribution is 2.39. The summed E-state index contributed by atoms with van der Waals surface area (Å²) in [5.41, 5.74) is 9.82. The van der Waals surface area contributed by atoms with E-state index in [1.165, 1.54) is 54.4 Å². The highest BCUT2D eigenvalue weighted by Gasteiger charge is 2.26. The maximum atomic E-state index is 12.8. The largest absolute Gasteiger partial charge is 0.294 e. The van der Waals surface area contributed by atoms with Gasteiger partial charge in [0.15, 0.2) is 5.78 Å². The van der Waals surface area contributed by atoms with Crippen LogP contribution < -0.4 is 0 Å². The maximum Gasteiger partial charge on any atom is 0.163 e. The Labute approximate surface area is 248 Å². The Bertz CT molecular complexity index is 1320. The lowest BCUT2D eigenvalue weighted by Crippen LogP contribution is -2.16. The molecule has 0 saturated carbocycles. The van der Waals surface area contributed by atoms with Gasteiger partial charge >= 0.3 is 0 Å². The van der Waals surface area contributed by atoms with Crippen LogP contribution in [0.3, 0.4) is 0 Å². The molecule has 3 nitrogen and oxygen atoms in total. The van der Waals surface area contributed by atoms with Crippen LogP contribution in [-0.4, -0.2) is 15.8 Å². The molecule has 0 N–H and O–H groups in total. The number of ketones is 1. The smallest absolute Gasteiger partial charge is 0.163 e. The molecule has 1 aliphatic carbocycles. The lowest BCUT2D eigenvalue weighted by molar-refractivity contribution is 0.0977. The van der Waals surface area contributed by atoms with Crippen molar-refractivity contribution in [3.8, 4) is 0 Å². The van der Waals surface area contributed by atoms with E-state index in [0.717, 1.165) is 42.4 Å². The number of rotatable bonds is 13. The van der Waals surface area contributed by atoms with Gasteiger partial charge in [0.1, 0.15) is 0 Å². The molecule has 0 fully saturated rings. The molecule has 2 unspecified atom stereocenters. The number of nitrogens with zero attached hydrogens (tertiary/aromatic N) is 2. The third-order valence-corrected chi connectivity index (χ3v) is 9.28. The number of hydrogen-bond donors (Lipinski definition) is 0. The van der Waals surface area contributed by atoms with E-state index in [4.69, 9.17) is 0 Å². The fraction of sp³-hybridized carbons (Fsp3) is 0.447. The molecule has 216 valence electrons. The Morgan fingerprint density at radius 3 is 2.41 bits per heavy atom. The Morgan fingerprint density at radius 2 is 1.71 bits per heavy atom. The van der Waals surface area contributed by atoms with Crippen molar-refractivity contribution in [3.05, 3.63) is 112 Å². The fourth-order valence-electron chi connectivity index (χ4n) is 6.68. The number of benzene rings is 1. The lowest BCUT2D eigenvalue weighted by atomic mass is 9.77. The zero-order valence-corrected chi connectivity index (χ0v) is 25.7. The number of unbranched alkanes of at least 4 members (excludes halogenated alkanes) is 2. The average Bonchev–Trinajstić information content (AvgIpc) is 3.23. The number of hydrogen-bond acceptors (Lipinski definition) is 3. The molecule has 3 heteroatoms. The molecular formula is C38H48N2O. The van der Waals surface area contributed by atoms with Gasteiger partial charge in [-0.15, -0.1) is 0 Å². The summed E-state index contributed by atoms with van der Waals surface area (Å²) in [6, 6.07) is 11.2. The van der Waals surface area contributed by atoms with E-state index in [9.17, 15) is 4.79 Å². The molecule has 0 amide bonds. The molecule has 0 spiro atoms. The van der Waals surface area contributed by atoms with Crippen LogP contribution in [0.25, 0.3) is 6.08 Å². The summed E-state index contributed by atoms with van der Waals surface area (Å²) in [6.45, 7) is 12.5. The van der Waals surface area contributed by atoms with Crippen molar-refractivity contribution in [2.24, 2.45) is 11.8 Å². The first-order valence-corrected chi connectivity index (χ1v) is 15.6. The molecule has 0 saturated heterocycles. The summed E-state index contributed by atoms with van der Waals surface area (Å²) in [5, 5.41) is 0. The number of aromatic nitrogens is 2. The third kappa shape index (κ3) is 8.35. The van der Waals surface area contributed by atoms with Gasteiger partial charge < -0.3 is 0 Å². The molecule has 1 aromatic carbocycles. The summed E-state index contributed by atoms with van der Waals surface area (Å²) >= 11 is 0. The quantitative estimate of drug-likeness (QED) is 0.121. The Morgan fingerprint density at radius 1 is 0.951 bits per heavy atom. The number of Topliss-reactive ketones (excluding diaryl/α,β-unsaturated/α-hetero) is 1. The normalized spacial score (nSPS) is 16.9. The second-order valence-electron chi connectivity index (χ2n) is 12.2. The number of allylic oxidation sites excluding steroid dienone is 2. The molecule has 4 rings (SSSR count). The number of pyridine rings is 2. The molecule has 0 aliphatic heterocycles. The van der Waals surface area contributed by atoms with E-state index in [1.54, 1.807) is 18.0 Å². The molecule has 3 aromatic rings. The zero-order chi connectivity index (χ0) is 29.2. The van der Waals surface area contributed by atoms with Gasteiger partial charge in [-0.1, -0.05) is 68.3 Å². The molecule has 41 heavy (non-hydrogen) atoms. The minimum Gasteiger partial charge on any atom is -0.294 e. The molecule has 0 bridgehead atoms. The summed E-state index contributed by atoms with van der Waals surface area (Å²) in [6.07, 6.45) is 23.0. The van der Waals surface area contributed by atoms with Crippen LogP contribution in [0, 0.1) is 32.6 Å². The zero-order valence-electron chi connectivity index (χ0n) is 25.7. The summed E-state index contributed by atoms with van der Waals surface area (Å²) in [4.78, 5) is 21.4. The SMILES string of the molecule is C=Cc1ccc(C(Cc2cnccc2C)C2CCC=C([C@H](C)CCCCCC(=O)c3c(C)cncc3C)CC2)cc1. The van der Waals surface area contributed by atoms with E-state index < -0.39 is 0 Å². The van der Waals surface area contributed by atoms with Gasteiger partial charge in [-0.2, -0.15) is 0 Å². The van der Waals surface area contributed by atoms with Crippen LogP contribution >= 0.6 is 0 Å². The molecule has 1 aliphatic rings. The molecular weight excluding hydrogens is 500 g/mol. The van der Waals surface area contributed by atoms with Gasteiger partial charge in [0.2, 0.25) is 0 Å². The van der Waals surface area contributed by atoms with Crippen LogP contribution in [0.15, 0.2) is 73.3 Å². The van der Waals surface area contributed by atoms with Crippen molar-refractivity contribution in [1.29, 1.82) is 0 Å². The van der Waals surface area contributed by atoms with Crippen molar-refractivity contribution in [2.45, 2.75) is 97.8 Å². The summed E-state index contributed by atoms with van der Waals surface area (Å²) < 4.78 is 0.